The quantitative estimate of drug-likeness (QED) is 0.166. The summed E-state index contributed by atoms with van der Waals surface area (Å²) in [5, 5.41) is 4.66. The van der Waals surface area contributed by atoms with Gasteiger partial charge in [0.15, 0.2) is 5.58 Å². The van der Waals surface area contributed by atoms with Crippen LogP contribution in [0.5, 0.6) is 0 Å². The largest absolute Gasteiger partial charge is 0.454 e. The van der Waals surface area contributed by atoms with Crippen LogP contribution in [0.3, 0.4) is 0 Å². The molecular weight excluding hydrogens is 818 g/mol. The van der Waals surface area contributed by atoms with Gasteiger partial charge < -0.3 is 8.98 Å². The van der Waals surface area contributed by atoms with Gasteiger partial charge in [0, 0.05) is 49.7 Å². The Morgan fingerprint density at radius 2 is 1.19 bits per heavy atom. The molecule has 6 nitrogen and oxygen atoms in total. The van der Waals surface area contributed by atoms with Crippen molar-refractivity contribution in [3.63, 3.8) is 0 Å². The third-order valence-electron chi connectivity index (χ3n) is 15.0. The van der Waals surface area contributed by atoms with E-state index in [2.05, 4.69) is 215 Å². The minimum Gasteiger partial charge on any atom is -0.454 e. The molecule has 8 aromatic carbocycles. The number of hydrogen-bond acceptors (Lipinski definition) is 3. The molecule has 2 aliphatic heterocycles. The predicted molar refractivity (Wildman–Crippen MR) is 280 cm³/mol. The third kappa shape index (κ3) is 5.17. The van der Waals surface area contributed by atoms with Crippen LogP contribution in [0.2, 0.25) is 0 Å². The van der Waals surface area contributed by atoms with Gasteiger partial charge in [-0.1, -0.05) is 120 Å². The number of furan rings is 1. The first kappa shape index (κ1) is 38.6. The van der Waals surface area contributed by atoms with E-state index < -0.39 is 0 Å². The lowest BCUT2D eigenvalue weighted by Crippen LogP contribution is -2.59. The van der Waals surface area contributed by atoms with Gasteiger partial charge in [-0.3, -0.25) is 9.13 Å². The summed E-state index contributed by atoms with van der Waals surface area (Å²) in [6.07, 6.45) is 0. The Labute approximate surface area is 389 Å². The van der Waals surface area contributed by atoms with Crippen molar-refractivity contribution in [2.45, 2.75) is 66.2 Å². The lowest BCUT2D eigenvalue weighted by Gasteiger charge is -2.34. The Kier molecular flexibility index (Phi) is 7.52. The zero-order valence-corrected chi connectivity index (χ0v) is 39.1. The average Bonchev–Trinajstić information content (AvgIpc) is 4.08. The molecule has 0 fully saturated rings. The zero-order chi connectivity index (χ0) is 45.4. The molecule has 0 N–H and O–H groups in total. The molecule has 0 radical (unpaired) electrons. The number of nitrogens with zero attached hydrogens (tertiary/aromatic N) is 5. The normalized spacial score (nSPS) is 13.3. The molecule has 0 bridgehead atoms. The van der Waals surface area contributed by atoms with E-state index in [9.17, 15) is 0 Å². The first-order valence-corrected chi connectivity index (χ1v) is 23.6. The second kappa shape index (κ2) is 13.0. The SMILES string of the molecule is Cc1cccc(C)c1-c1nc2c3oc4ccc(C(C)(C)C)cc4c3cc3c2n1-c1cccc2c1B3c1cc(C(C)(C)C)cc3nc(-c4ccc5c(c4)c4ccccc4n5-c4ccccc4)n-2c13. The lowest BCUT2D eigenvalue weighted by atomic mass is 9.34. The molecule has 6 heterocycles. The maximum absolute atomic E-state index is 6.94. The Bertz CT molecular complexity index is 4130. The molecule has 0 saturated carbocycles. The van der Waals surface area contributed by atoms with Crippen molar-refractivity contribution in [3.8, 4) is 39.8 Å². The second-order valence-corrected chi connectivity index (χ2v) is 21.2. The average molecular weight is 866 g/mol. The van der Waals surface area contributed by atoms with E-state index in [0.717, 1.165) is 83.8 Å². The highest BCUT2D eigenvalue weighted by molar-refractivity contribution is 7.00. The van der Waals surface area contributed by atoms with Gasteiger partial charge in [-0.05, 0) is 130 Å². The first-order valence-electron chi connectivity index (χ1n) is 23.6. The van der Waals surface area contributed by atoms with E-state index in [1.54, 1.807) is 0 Å². The molecular formula is C60H48BN5O. The molecule has 322 valence electrons. The molecule has 0 aliphatic carbocycles. The minimum atomic E-state index is -0.123. The Hall–Kier alpha value is -7.64. The molecule has 67 heavy (non-hydrogen) atoms. The van der Waals surface area contributed by atoms with Crippen LogP contribution in [0.25, 0.3) is 106 Å². The topological polar surface area (TPSA) is 53.7 Å². The van der Waals surface area contributed by atoms with Crippen molar-refractivity contribution in [3.05, 3.63) is 168 Å². The summed E-state index contributed by atoms with van der Waals surface area (Å²) < 4.78 is 14.3. The fourth-order valence-corrected chi connectivity index (χ4v) is 11.8. The molecule has 0 unspecified atom stereocenters. The fraction of sp³-hybridized carbons (Fsp3) is 0.167. The van der Waals surface area contributed by atoms with Crippen molar-refractivity contribution in [1.29, 1.82) is 0 Å². The van der Waals surface area contributed by atoms with Crippen LogP contribution in [0, 0.1) is 13.8 Å². The van der Waals surface area contributed by atoms with Crippen LogP contribution < -0.4 is 16.4 Å². The monoisotopic (exact) mass is 865 g/mol. The van der Waals surface area contributed by atoms with E-state index in [1.165, 1.54) is 60.4 Å². The standard InChI is InChI=1S/C60H48BN5O/c1-33-16-14-17-34(2)51(33)58-63-53-55-44(32-42-41-29-36(59(3,4)5)25-27-50(41)67-56(42)53)61-43-30-37(60(6,7)8)31-45-54(43)65(48-22-15-23-49(52(48)61)66(55)58)57(62-45)35-24-26-47-40(28-35)39-20-12-13-21-46(39)64(47)38-18-10-9-11-19-38/h9-32H,1-8H3. The van der Waals surface area contributed by atoms with Crippen LogP contribution in [0.4, 0.5) is 0 Å². The molecule has 12 aromatic rings. The predicted octanol–water partition coefficient (Wildman–Crippen LogP) is 13.0. The van der Waals surface area contributed by atoms with E-state index in [-0.39, 0.29) is 17.5 Å². The lowest BCUT2D eigenvalue weighted by molar-refractivity contribution is 0.590. The number of aromatic nitrogens is 5. The summed E-state index contributed by atoms with van der Waals surface area (Å²) in [6.45, 7) is 18.1. The summed E-state index contributed by atoms with van der Waals surface area (Å²) in [5.41, 5.74) is 22.5. The smallest absolute Gasteiger partial charge is 0.252 e. The van der Waals surface area contributed by atoms with Crippen LogP contribution in [0.15, 0.2) is 150 Å². The zero-order valence-electron chi connectivity index (χ0n) is 39.1. The third-order valence-corrected chi connectivity index (χ3v) is 15.0. The van der Waals surface area contributed by atoms with Crippen molar-refractivity contribution < 1.29 is 4.42 Å². The minimum absolute atomic E-state index is 0.0247. The van der Waals surface area contributed by atoms with Crippen molar-refractivity contribution in [2.75, 3.05) is 0 Å². The van der Waals surface area contributed by atoms with E-state index >= 15 is 0 Å². The Morgan fingerprint density at radius 1 is 0.507 bits per heavy atom. The van der Waals surface area contributed by atoms with Gasteiger partial charge in [0.2, 0.25) is 0 Å². The summed E-state index contributed by atoms with van der Waals surface area (Å²) in [5.74, 6) is 1.88. The molecule has 7 heteroatoms. The molecule has 14 rings (SSSR count). The molecule has 2 aliphatic rings. The number of benzene rings is 8. The van der Waals surface area contributed by atoms with E-state index in [4.69, 9.17) is 14.4 Å². The van der Waals surface area contributed by atoms with E-state index in [0.29, 0.717) is 0 Å². The Morgan fingerprint density at radius 3 is 1.96 bits per heavy atom. The molecule has 0 amide bonds. The second-order valence-electron chi connectivity index (χ2n) is 21.2. The number of rotatable bonds is 3. The van der Waals surface area contributed by atoms with Gasteiger partial charge in [-0.25, -0.2) is 9.97 Å². The van der Waals surface area contributed by atoms with E-state index in [1.807, 2.05) is 0 Å². The van der Waals surface area contributed by atoms with Gasteiger partial charge in [-0.2, -0.15) is 0 Å². The number of fused-ring (bicyclic) bond motifs is 11. The molecule has 0 atom stereocenters. The molecule has 0 spiro atoms. The number of aryl methyl sites for hydroxylation is 2. The number of hydrogen-bond donors (Lipinski definition) is 0. The summed E-state index contributed by atoms with van der Waals surface area (Å²) >= 11 is 0. The summed E-state index contributed by atoms with van der Waals surface area (Å²) in [7, 11) is 0. The highest BCUT2D eigenvalue weighted by atomic mass is 16.3. The number of para-hydroxylation sites is 2. The van der Waals surface area contributed by atoms with Gasteiger partial charge in [0.1, 0.15) is 22.7 Å². The maximum Gasteiger partial charge on any atom is 0.252 e. The van der Waals surface area contributed by atoms with Gasteiger partial charge >= 0.3 is 0 Å². The van der Waals surface area contributed by atoms with Crippen LogP contribution >= 0.6 is 0 Å². The van der Waals surface area contributed by atoms with Gasteiger partial charge in [0.25, 0.3) is 6.71 Å². The molecule has 0 saturated heterocycles. The summed E-state index contributed by atoms with van der Waals surface area (Å²) in [6, 6.07) is 53.8. The van der Waals surface area contributed by atoms with Crippen molar-refractivity contribution in [1.82, 2.24) is 23.7 Å². The van der Waals surface area contributed by atoms with Crippen LogP contribution in [-0.2, 0) is 10.8 Å². The van der Waals surface area contributed by atoms with Crippen LogP contribution in [-0.4, -0.2) is 30.4 Å². The van der Waals surface area contributed by atoms with Crippen molar-refractivity contribution >= 4 is 88.9 Å². The maximum atomic E-state index is 6.94. The highest BCUT2D eigenvalue weighted by Crippen LogP contribution is 2.44. The van der Waals surface area contributed by atoms with Crippen molar-refractivity contribution in [2.24, 2.45) is 0 Å². The van der Waals surface area contributed by atoms with Gasteiger partial charge in [-0.15, -0.1) is 0 Å². The summed E-state index contributed by atoms with van der Waals surface area (Å²) in [4.78, 5) is 11.4. The first-order chi connectivity index (χ1) is 32.3. The fourth-order valence-electron chi connectivity index (χ4n) is 11.8. The number of imidazole rings is 2. The van der Waals surface area contributed by atoms with Gasteiger partial charge in [0.05, 0.1) is 27.6 Å². The van der Waals surface area contributed by atoms with Crippen LogP contribution in [0.1, 0.15) is 63.8 Å². The highest BCUT2D eigenvalue weighted by Gasteiger charge is 2.43. The Balaban J connectivity index is 1.11. The molecule has 4 aromatic heterocycles.